The standard InChI is InChI=1S/C10H14N6O2S/c1-3-12-8-4-5-11-6-9(8)19(17,18)15-10-13-7-14-16(10)2/h4-7H,3H2,1-2H3,(H,11,12)(H,13,14,15). The lowest BCUT2D eigenvalue weighted by atomic mass is 10.4. The van der Waals surface area contributed by atoms with Gasteiger partial charge in [-0.3, -0.25) is 4.98 Å². The number of anilines is 2. The first-order chi connectivity index (χ1) is 9.04. The van der Waals surface area contributed by atoms with Crippen LogP contribution in [-0.2, 0) is 17.1 Å². The Balaban J connectivity index is 2.37. The molecule has 0 bridgehead atoms. The highest BCUT2D eigenvalue weighted by atomic mass is 32.2. The number of rotatable bonds is 5. The van der Waals surface area contributed by atoms with Crippen molar-refractivity contribution in [3.8, 4) is 0 Å². The number of nitrogens with zero attached hydrogens (tertiary/aromatic N) is 4. The minimum atomic E-state index is -3.76. The van der Waals surface area contributed by atoms with Crippen LogP contribution >= 0.6 is 0 Å². The average molecular weight is 282 g/mol. The number of aromatic nitrogens is 4. The van der Waals surface area contributed by atoms with E-state index in [1.807, 2.05) is 6.92 Å². The van der Waals surface area contributed by atoms with Crippen molar-refractivity contribution in [2.75, 3.05) is 16.6 Å². The van der Waals surface area contributed by atoms with Crippen LogP contribution in [0.2, 0.25) is 0 Å². The van der Waals surface area contributed by atoms with Crippen LogP contribution in [-0.4, -0.2) is 34.7 Å². The molecule has 0 fully saturated rings. The SMILES string of the molecule is CCNc1ccncc1S(=O)(=O)Nc1ncnn1C. The zero-order valence-corrected chi connectivity index (χ0v) is 11.3. The van der Waals surface area contributed by atoms with Gasteiger partial charge in [0.2, 0.25) is 5.95 Å². The first-order valence-electron chi connectivity index (χ1n) is 5.59. The number of hydrogen-bond acceptors (Lipinski definition) is 6. The van der Waals surface area contributed by atoms with Gasteiger partial charge in [-0.15, -0.1) is 0 Å². The van der Waals surface area contributed by atoms with E-state index in [4.69, 9.17) is 0 Å². The lowest BCUT2D eigenvalue weighted by Crippen LogP contribution is -2.18. The molecule has 0 radical (unpaired) electrons. The molecule has 19 heavy (non-hydrogen) atoms. The topological polar surface area (TPSA) is 102 Å². The Hall–Kier alpha value is -2.16. The fourth-order valence-corrected chi connectivity index (χ4v) is 2.66. The van der Waals surface area contributed by atoms with Crippen molar-refractivity contribution >= 4 is 21.7 Å². The molecule has 0 aliphatic rings. The van der Waals surface area contributed by atoms with Crippen molar-refractivity contribution in [3.63, 3.8) is 0 Å². The second kappa shape index (κ2) is 5.22. The Bertz CT molecular complexity index is 666. The minimum Gasteiger partial charge on any atom is -0.384 e. The van der Waals surface area contributed by atoms with E-state index in [-0.39, 0.29) is 10.8 Å². The van der Waals surface area contributed by atoms with Gasteiger partial charge in [-0.1, -0.05) is 0 Å². The molecule has 0 saturated carbocycles. The highest BCUT2D eigenvalue weighted by Crippen LogP contribution is 2.21. The van der Waals surface area contributed by atoms with Crippen LogP contribution < -0.4 is 10.0 Å². The summed E-state index contributed by atoms with van der Waals surface area (Å²) < 4.78 is 28.2. The lowest BCUT2D eigenvalue weighted by Gasteiger charge is -2.11. The number of nitrogens with one attached hydrogen (secondary N) is 2. The maximum Gasteiger partial charge on any atom is 0.267 e. The summed E-state index contributed by atoms with van der Waals surface area (Å²) >= 11 is 0. The maximum absolute atomic E-state index is 12.3. The van der Waals surface area contributed by atoms with E-state index in [0.717, 1.165) is 0 Å². The zero-order chi connectivity index (χ0) is 13.9. The molecular formula is C10H14N6O2S. The Morgan fingerprint density at radius 3 is 2.84 bits per heavy atom. The van der Waals surface area contributed by atoms with E-state index >= 15 is 0 Å². The molecule has 0 spiro atoms. The van der Waals surface area contributed by atoms with Crippen LogP contribution in [0.25, 0.3) is 0 Å². The van der Waals surface area contributed by atoms with Gasteiger partial charge in [-0.05, 0) is 13.0 Å². The van der Waals surface area contributed by atoms with Crippen molar-refractivity contribution in [2.45, 2.75) is 11.8 Å². The zero-order valence-electron chi connectivity index (χ0n) is 10.5. The van der Waals surface area contributed by atoms with Gasteiger partial charge < -0.3 is 5.32 Å². The van der Waals surface area contributed by atoms with E-state index < -0.39 is 10.0 Å². The molecule has 2 heterocycles. The third-order valence-electron chi connectivity index (χ3n) is 2.38. The monoisotopic (exact) mass is 282 g/mol. The lowest BCUT2D eigenvalue weighted by molar-refractivity contribution is 0.600. The van der Waals surface area contributed by atoms with Crippen LogP contribution in [0.3, 0.4) is 0 Å². The summed E-state index contributed by atoms with van der Waals surface area (Å²) in [6.07, 6.45) is 4.09. The number of pyridine rings is 1. The molecule has 0 aliphatic heterocycles. The fourth-order valence-electron chi connectivity index (χ4n) is 1.49. The van der Waals surface area contributed by atoms with Crippen LogP contribution in [0.15, 0.2) is 29.7 Å². The molecule has 2 aromatic heterocycles. The van der Waals surface area contributed by atoms with Crippen molar-refractivity contribution in [2.24, 2.45) is 7.05 Å². The first kappa shape index (κ1) is 13.3. The van der Waals surface area contributed by atoms with Gasteiger partial charge >= 0.3 is 0 Å². The molecule has 2 N–H and O–H groups in total. The van der Waals surface area contributed by atoms with Crippen LogP contribution in [0, 0.1) is 0 Å². The van der Waals surface area contributed by atoms with Gasteiger partial charge in [0.05, 0.1) is 5.69 Å². The van der Waals surface area contributed by atoms with Crippen molar-refractivity contribution in [1.29, 1.82) is 0 Å². The number of sulfonamides is 1. The fraction of sp³-hybridized carbons (Fsp3) is 0.300. The van der Waals surface area contributed by atoms with Gasteiger partial charge in [0.1, 0.15) is 11.2 Å². The molecule has 0 saturated heterocycles. The normalized spacial score (nSPS) is 11.3. The van der Waals surface area contributed by atoms with Crippen molar-refractivity contribution in [3.05, 3.63) is 24.8 Å². The highest BCUT2D eigenvalue weighted by molar-refractivity contribution is 7.92. The molecule has 0 aromatic carbocycles. The van der Waals surface area contributed by atoms with Gasteiger partial charge in [0.15, 0.2) is 0 Å². The second-order valence-electron chi connectivity index (χ2n) is 3.71. The molecule has 2 rings (SSSR count). The maximum atomic E-state index is 12.3. The number of aryl methyl sites for hydroxylation is 1. The molecule has 2 aromatic rings. The minimum absolute atomic E-state index is 0.0693. The van der Waals surface area contributed by atoms with Gasteiger partial charge in [0.25, 0.3) is 10.0 Å². The quantitative estimate of drug-likeness (QED) is 0.825. The van der Waals surface area contributed by atoms with Gasteiger partial charge in [-0.2, -0.15) is 10.1 Å². The smallest absolute Gasteiger partial charge is 0.267 e. The Labute approximate surface area is 110 Å². The summed E-state index contributed by atoms with van der Waals surface area (Å²) in [6, 6.07) is 1.61. The third kappa shape index (κ3) is 2.81. The van der Waals surface area contributed by atoms with E-state index in [1.165, 1.54) is 23.4 Å². The van der Waals surface area contributed by atoms with Crippen LogP contribution in [0.5, 0.6) is 0 Å². The summed E-state index contributed by atoms with van der Waals surface area (Å²) in [5, 5.41) is 6.78. The van der Waals surface area contributed by atoms with Crippen LogP contribution in [0.4, 0.5) is 11.6 Å². The molecule has 0 amide bonds. The molecule has 9 heteroatoms. The summed E-state index contributed by atoms with van der Waals surface area (Å²) in [4.78, 5) is 7.74. The largest absolute Gasteiger partial charge is 0.384 e. The summed E-state index contributed by atoms with van der Waals surface area (Å²) in [7, 11) is -2.16. The molecule has 0 atom stereocenters. The van der Waals surface area contributed by atoms with Crippen molar-refractivity contribution in [1.82, 2.24) is 19.7 Å². The molecule has 0 unspecified atom stereocenters. The predicted molar refractivity (Wildman–Crippen MR) is 70.2 cm³/mol. The van der Waals surface area contributed by atoms with Gasteiger partial charge in [-0.25, -0.2) is 17.8 Å². The van der Waals surface area contributed by atoms with E-state index in [0.29, 0.717) is 12.2 Å². The third-order valence-corrected chi connectivity index (χ3v) is 3.73. The van der Waals surface area contributed by atoms with E-state index in [1.54, 1.807) is 13.1 Å². The van der Waals surface area contributed by atoms with E-state index in [9.17, 15) is 8.42 Å². The number of hydrogen-bond donors (Lipinski definition) is 2. The summed E-state index contributed by atoms with van der Waals surface area (Å²) in [5.74, 6) is 0.145. The first-order valence-corrected chi connectivity index (χ1v) is 7.07. The highest BCUT2D eigenvalue weighted by Gasteiger charge is 2.20. The summed E-state index contributed by atoms with van der Waals surface area (Å²) in [5.41, 5.74) is 0.493. The molecule has 102 valence electrons. The second-order valence-corrected chi connectivity index (χ2v) is 5.37. The van der Waals surface area contributed by atoms with Crippen LogP contribution in [0.1, 0.15) is 6.92 Å². The van der Waals surface area contributed by atoms with Crippen molar-refractivity contribution < 1.29 is 8.42 Å². The Morgan fingerprint density at radius 2 is 2.21 bits per heavy atom. The average Bonchev–Trinajstić information content (AvgIpc) is 2.75. The Kier molecular flexibility index (Phi) is 3.65. The molecular weight excluding hydrogens is 268 g/mol. The summed E-state index contributed by atoms with van der Waals surface area (Å²) in [6.45, 7) is 2.49. The van der Waals surface area contributed by atoms with Gasteiger partial charge in [0, 0.05) is 26.0 Å². The molecule has 8 nitrogen and oxygen atoms in total. The predicted octanol–water partition coefficient (Wildman–Crippen LogP) is 0.443. The Morgan fingerprint density at radius 1 is 1.42 bits per heavy atom. The van der Waals surface area contributed by atoms with E-state index in [2.05, 4.69) is 25.1 Å². The molecule has 0 aliphatic carbocycles.